The third-order valence-electron chi connectivity index (χ3n) is 3.47. The minimum Gasteiger partial charge on any atom is -0.500 e. The zero-order valence-electron chi connectivity index (χ0n) is 14.2. The summed E-state index contributed by atoms with van der Waals surface area (Å²) in [4.78, 5) is 12.2. The predicted molar refractivity (Wildman–Crippen MR) is 91.1 cm³/mol. The fourth-order valence-corrected chi connectivity index (χ4v) is 2.20. The molecule has 0 unspecified atom stereocenters. The average Bonchev–Trinajstić information content (AvgIpc) is 2.63. The molecule has 0 amide bonds. The lowest BCUT2D eigenvalue weighted by Gasteiger charge is -2.15. The minimum absolute atomic E-state index is 0.318. The number of carbonyl (C=O) groups is 1. The maximum atomic E-state index is 12.2. The molecule has 0 heterocycles. The fraction of sp³-hybridized carbons (Fsp3) is 0.211. The van der Waals surface area contributed by atoms with Crippen molar-refractivity contribution in [1.82, 2.24) is 0 Å². The lowest BCUT2D eigenvalue weighted by Crippen LogP contribution is -2.08. The molecule has 5 heteroatoms. The van der Waals surface area contributed by atoms with Gasteiger partial charge in [-0.2, -0.15) is 0 Å². The summed E-state index contributed by atoms with van der Waals surface area (Å²) in [6, 6.07) is 14.4. The number of carbonyl (C=O) groups excluding carboxylic acids is 1. The molecule has 0 saturated heterocycles. The number of methoxy groups -OCH3 is 3. The number of hydrogen-bond donors (Lipinski definition) is 0. The predicted octanol–water partition coefficient (Wildman–Crippen LogP) is 4.04. The smallest absolute Gasteiger partial charge is 0.342 e. The molecule has 126 valence electrons. The van der Waals surface area contributed by atoms with Crippen molar-refractivity contribution in [3.05, 3.63) is 59.9 Å². The first-order valence-corrected chi connectivity index (χ1v) is 7.35. The summed E-state index contributed by atoms with van der Waals surface area (Å²) in [5.74, 6) is 1.75. The fourth-order valence-electron chi connectivity index (χ4n) is 2.20. The summed E-state index contributed by atoms with van der Waals surface area (Å²) in [7, 11) is 4.42. The molecule has 2 aromatic carbocycles. The second-order valence-electron chi connectivity index (χ2n) is 4.90. The Morgan fingerprint density at radius 3 is 2.25 bits per heavy atom. The normalized spacial score (nSPS) is 11.3. The van der Waals surface area contributed by atoms with Crippen molar-refractivity contribution in [2.24, 2.45) is 0 Å². The van der Waals surface area contributed by atoms with Crippen molar-refractivity contribution in [3.63, 3.8) is 0 Å². The molecule has 0 saturated carbocycles. The van der Waals surface area contributed by atoms with Crippen LogP contribution in [0.15, 0.2) is 54.3 Å². The van der Waals surface area contributed by atoms with E-state index in [-0.39, 0.29) is 0 Å². The second kappa shape index (κ2) is 8.06. The molecule has 0 atom stereocenters. The first-order valence-electron chi connectivity index (χ1n) is 7.35. The molecular formula is C19H20O5. The van der Waals surface area contributed by atoms with Gasteiger partial charge in [-0.1, -0.05) is 24.3 Å². The molecule has 2 aromatic rings. The maximum Gasteiger partial charge on any atom is 0.342 e. The number of ether oxygens (including phenoxy) is 4. The largest absolute Gasteiger partial charge is 0.500 e. The zero-order valence-corrected chi connectivity index (χ0v) is 14.2. The van der Waals surface area contributed by atoms with Gasteiger partial charge >= 0.3 is 5.97 Å². The zero-order chi connectivity index (χ0) is 17.5. The van der Waals surface area contributed by atoms with Crippen molar-refractivity contribution in [1.29, 1.82) is 0 Å². The summed E-state index contributed by atoms with van der Waals surface area (Å²) in [5, 5.41) is 0. The van der Waals surface area contributed by atoms with Crippen LogP contribution < -0.4 is 9.47 Å². The SMILES string of the molecule is COC(=O)/C(=C(\C)OC)c1ccccc1Oc1cccc(OC)c1. The van der Waals surface area contributed by atoms with E-state index in [9.17, 15) is 4.79 Å². The van der Waals surface area contributed by atoms with E-state index >= 15 is 0 Å². The van der Waals surface area contributed by atoms with Gasteiger partial charge in [-0.25, -0.2) is 4.79 Å². The van der Waals surface area contributed by atoms with Crippen LogP contribution in [0, 0.1) is 0 Å². The van der Waals surface area contributed by atoms with E-state index in [2.05, 4.69) is 0 Å². The van der Waals surface area contributed by atoms with Gasteiger partial charge in [0.05, 0.1) is 21.3 Å². The third kappa shape index (κ3) is 3.87. The van der Waals surface area contributed by atoms with Crippen LogP contribution in [-0.4, -0.2) is 27.3 Å². The molecule has 0 radical (unpaired) electrons. The Balaban J connectivity index is 2.48. The summed E-state index contributed by atoms with van der Waals surface area (Å²) in [6.45, 7) is 1.70. The molecule has 0 aliphatic rings. The molecule has 0 aliphatic heterocycles. The van der Waals surface area contributed by atoms with Crippen LogP contribution in [0.2, 0.25) is 0 Å². The van der Waals surface area contributed by atoms with Crippen LogP contribution in [0.1, 0.15) is 12.5 Å². The van der Waals surface area contributed by atoms with Crippen molar-refractivity contribution in [3.8, 4) is 17.2 Å². The van der Waals surface area contributed by atoms with E-state index in [0.29, 0.717) is 34.1 Å². The first-order chi connectivity index (χ1) is 11.6. The quantitative estimate of drug-likeness (QED) is 0.455. The lowest BCUT2D eigenvalue weighted by atomic mass is 10.0. The van der Waals surface area contributed by atoms with Crippen LogP contribution in [0.25, 0.3) is 5.57 Å². The van der Waals surface area contributed by atoms with Gasteiger partial charge in [-0.05, 0) is 25.1 Å². The summed E-state index contributed by atoms with van der Waals surface area (Å²) >= 11 is 0. The highest BCUT2D eigenvalue weighted by Crippen LogP contribution is 2.33. The number of allylic oxidation sites excluding steroid dienone is 1. The Labute approximate surface area is 141 Å². The maximum absolute atomic E-state index is 12.2. The van der Waals surface area contributed by atoms with Gasteiger partial charge in [0.1, 0.15) is 28.6 Å². The third-order valence-corrected chi connectivity index (χ3v) is 3.47. The van der Waals surface area contributed by atoms with Gasteiger partial charge in [0.15, 0.2) is 0 Å². The number of benzene rings is 2. The molecule has 0 bridgehead atoms. The molecule has 0 aliphatic carbocycles. The molecule has 0 fully saturated rings. The molecule has 2 rings (SSSR count). The van der Waals surface area contributed by atoms with E-state index in [4.69, 9.17) is 18.9 Å². The standard InChI is InChI=1S/C19H20O5/c1-13(21-2)18(19(20)23-4)16-10-5-6-11-17(16)24-15-9-7-8-14(12-15)22-3/h5-12H,1-4H3/b18-13+. The van der Waals surface area contributed by atoms with Crippen LogP contribution in [-0.2, 0) is 14.3 Å². The van der Waals surface area contributed by atoms with E-state index < -0.39 is 5.97 Å². The van der Waals surface area contributed by atoms with Crippen LogP contribution in [0.5, 0.6) is 17.2 Å². The Morgan fingerprint density at radius 1 is 0.875 bits per heavy atom. The number of rotatable bonds is 6. The summed E-state index contributed by atoms with van der Waals surface area (Å²) < 4.78 is 21.3. The highest BCUT2D eigenvalue weighted by atomic mass is 16.5. The van der Waals surface area contributed by atoms with Gasteiger partial charge in [0.2, 0.25) is 0 Å². The Bertz CT molecular complexity index is 749. The molecule has 0 N–H and O–H groups in total. The van der Waals surface area contributed by atoms with Gasteiger partial charge < -0.3 is 18.9 Å². The number of hydrogen-bond acceptors (Lipinski definition) is 5. The van der Waals surface area contributed by atoms with Gasteiger partial charge in [0.25, 0.3) is 0 Å². The second-order valence-corrected chi connectivity index (χ2v) is 4.90. The molecule has 0 aromatic heterocycles. The Kier molecular flexibility index (Phi) is 5.84. The number of esters is 1. The molecule has 5 nitrogen and oxygen atoms in total. The van der Waals surface area contributed by atoms with E-state index in [1.807, 2.05) is 30.3 Å². The van der Waals surface area contributed by atoms with Crippen LogP contribution in [0.3, 0.4) is 0 Å². The van der Waals surface area contributed by atoms with Crippen LogP contribution in [0.4, 0.5) is 0 Å². The first kappa shape index (κ1) is 17.4. The van der Waals surface area contributed by atoms with E-state index in [1.54, 1.807) is 32.2 Å². The topological polar surface area (TPSA) is 54.0 Å². The highest BCUT2D eigenvalue weighted by Gasteiger charge is 2.21. The molecule has 0 spiro atoms. The minimum atomic E-state index is -0.490. The van der Waals surface area contributed by atoms with E-state index in [1.165, 1.54) is 14.2 Å². The average molecular weight is 328 g/mol. The highest BCUT2D eigenvalue weighted by molar-refractivity contribution is 6.17. The summed E-state index contributed by atoms with van der Waals surface area (Å²) in [5.41, 5.74) is 0.907. The Hall–Kier alpha value is -2.95. The van der Waals surface area contributed by atoms with Crippen molar-refractivity contribution >= 4 is 11.5 Å². The van der Waals surface area contributed by atoms with Crippen molar-refractivity contribution in [2.75, 3.05) is 21.3 Å². The molecule has 24 heavy (non-hydrogen) atoms. The number of para-hydroxylation sites is 1. The van der Waals surface area contributed by atoms with Gasteiger partial charge in [-0.15, -0.1) is 0 Å². The summed E-state index contributed by atoms with van der Waals surface area (Å²) in [6.07, 6.45) is 0. The molecular weight excluding hydrogens is 308 g/mol. The van der Waals surface area contributed by atoms with Crippen molar-refractivity contribution in [2.45, 2.75) is 6.92 Å². The monoisotopic (exact) mass is 328 g/mol. The van der Waals surface area contributed by atoms with Gasteiger partial charge in [-0.3, -0.25) is 0 Å². The van der Waals surface area contributed by atoms with Crippen molar-refractivity contribution < 1.29 is 23.7 Å². The Morgan fingerprint density at radius 2 is 1.58 bits per heavy atom. The van der Waals surface area contributed by atoms with E-state index in [0.717, 1.165) is 0 Å². The van der Waals surface area contributed by atoms with Gasteiger partial charge in [0, 0.05) is 11.6 Å². The van der Waals surface area contributed by atoms with Crippen LogP contribution >= 0.6 is 0 Å². The lowest BCUT2D eigenvalue weighted by molar-refractivity contribution is -0.133.